The van der Waals surface area contributed by atoms with Gasteiger partial charge >= 0.3 is 0 Å². The van der Waals surface area contributed by atoms with Crippen LogP contribution in [0.15, 0.2) is 18.2 Å². The van der Waals surface area contributed by atoms with Gasteiger partial charge < -0.3 is 16.2 Å². The Kier molecular flexibility index (Phi) is 4.54. The Balaban J connectivity index is 3.01. The van der Waals surface area contributed by atoms with Crippen LogP contribution in [0.25, 0.3) is 0 Å². The van der Waals surface area contributed by atoms with Gasteiger partial charge in [-0.2, -0.15) is 0 Å². The third-order valence-electron chi connectivity index (χ3n) is 2.85. The molecule has 1 rings (SSSR count). The van der Waals surface area contributed by atoms with Gasteiger partial charge in [0.15, 0.2) is 0 Å². The van der Waals surface area contributed by atoms with Crippen molar-refractivity contribution in [1.82, 2.24) is 0 Å². The molecule has 96 valence electrons. The fraction of sp³-hybridized carbons (Fsp3) is 0.571. The monoisotopic (exact) mass is 236 g/mol. The lowest BCUT2D eigenvalue weighted by Gasteiger charge is -2.25. The summed E-state index contributed by atoms with van der Waals surface area (Å²) in [5.41, 5.74) is 14.3. The van der Waals surface area contributed by atoms with Gasteiger partial charge in [0.25, 0.3) is 0 Å². The molecule has 3 heteroatoms. The van der Waals surface area contributed by atoms with Gasteiger partial charge in [0, 0.05) is 17.1 Å². The predicted molar refractivity (Wildman–Crippen MR) is 72.2 cm³/mol. The fourth-order valence-corrected chi connectivity index (χ4v) is 1.97. The number of ether oxygens (including phenoxy) is 1. The lowest BCUT2D eigenvalue weighted by Crippen LogP contribution is -2.36. The zero-order chi connectivity index (χ0) is 13.1. The highest BCUT2D eigenvalue weighted by Crippen LogP contribution is 2.29. The van der Waals surface area contributed by atoms with Crippen LogP contribution in [-0.4, -0.2) is 12.6 Å². The summed E-state index contributed by atoms with van der Waals surface area (Å²) < 4.78 is 5.36. The molecule has 0 aromatic heterocycles. The average Bonchev–Trinajstić information content (AvgIpc) is 2.25. The molecule has 1 aromatic rings. The minimum Gasteiger partial charge on any atom is -0.496 e. The fourth-order valence-electron chi connectivity index (χ4n) is 1.97. The molecule has 0 bridgehead atoms. The Hall–Kier alpha value is -1.06. The third-order valence-corrected chi connectivity index (χ3v) is 2.85. The van der Waals surface area contributed by atoms with Crippen molar-refractivity contribution in [1.29, 1.82) is 0 Å². The molecule has 0 amide bonds. The van der Waals surface area contributed by atoms with Crippen molar-refractivity contribution in [2.45, 2.75) is 45.2 Å². The Morgan fingerprint density at radius 2 is 2.00 bits per heavy atom. The van der Waals surface area contributed by atoms with E-state index in [1.807, 2.05) is 19.9 Å². The maximum Gasteiger partial charge on any atom is 0.123 e. The summed E-state index contributed by atoms with van der Waals surface area (Å²) in [6.45, 7) is 6.11. The molecule has 0 aliphatic carbocycles. The van der Waals surface area contributed by atoms with Crippen LogP contribution in [0.5, 0.6) is 5.75 Å². The lowest BCUT2D eigenvalue weighted by atomic mass is 9.91. The van der Waals surface area contributed by atoms with E-state index in [0.717, 1.165) is 24.2 Å². The van der Waals surface area contributed by atoms with Crippen LogP contribution in [0.2, 0.25) is 0 Å². The van der Waals surface area contributed by atoms with E-state index in [1.165, 1.54) is 5.56 Å². The minimum absolute atomic E-state index is 0.0866. The maximum atomic E-state index is 6.22. The van der Waals surface area contributed by atoms with Crippen molar-refractivity contribution in [3.63, 3.8) is 0 Å². The van der Waals surface area contributed by atoms with Gasteiger partial charge in [0.05, 0.1) is 7.11 Å². The number of aryl methyl sites for hydroxylation is 1. The molecule has 1 unspecified atom stereocenters. The second-order valence-electron chi connectivity index (χ2n) is 5.23. The highest BCUT2D eigenvalue weighted by molar-refractivity contribution is 5.39. The van der Waals surface area contributed by atoms with Gasteiger partial charge in [-0.25, -0.2) is 0 Å². The first-order valence-corrected chi connectivity index (χ1v) is 6.08. The van der Waals surface area contributed by atoms with Crippen LogP contribution in [-0.2, 0) is 6.42 Å². The highest BCUT2D eigenvalue weighted by atomic mass is 16.5. The van der Waals surface area contributed by atoms with Crippen LogP contribution in [0.1, 0.15) is 44.4 Å². The number of hydrogen-bond acceptors (Lipinski definition) is 3. The normalized spacial score (nSPS) is 13.5. The van der Waals surface area contributed by atoms with Crippen LogP contribution in [0.3, 0.4) is 0 Å². The highest BCUT2D eigenvalue weighted by Gasteiger charge is 2.20. The topological polar surface area (TPSA) is 61.3 Å². The molecular formula is C14H24N2O. The van der Waals surface area contributed by atoms with Gasteiger partial charge in [-0.05, 0) is 38.3 Å². The first-order chi connectivity index (χ1) is 7.87. The van der Waals surface area contributed by atoms with E-state index >= 15 is 0 Å². The van der Waals surface area contributed by atoms with Crippen molar-refractivity contribution in [3.05, 3.63) is 29.3 Å². The van der Waals surface area contributed by atoms with Crippen LogP contribution in [0.4, 0.5) is 0 Å². The molecule has 0 saturated carbocycles. The first-order valence-electron chi connectivity index (χ1n) is 6.08. The largest absolute Gasteiger partial charge is 0.496 e. The standard InChI is InChI=1S/C14H24N2O/c1-5-10-6-7-13(17-4)11(8-10)12(15)9-14(2,3)16/h6-8,12H,5,9,15-16H2,1-4H3. The van der Waals surface area contributed by atoms with E-state index in [1.54, 1.807) is 7.11 Å². The summed E-state index contributed by atoms with van der Waals surface area (Å²) in [5, 5.41) is 0. The molecule has 3 nitrogen and oxygen atoms in total. The smallest absolute Gasteiger partial charge is 0.123 e. The van der Waals surface area contributed by atoms with Crippen molar-refractivity contribution in [2.75, 3.05) is 7.11 Å². The number of benzene rings is 1. The van der Waals surface area contributed by atoms with E-state index in [4.69, 9.17) is 16.2 Å². The zero-order valence-corrected chi connectivity index (χ0v) is 11.3. The average molecular weight is 236 g/mol. The van der Waals surface area contributed by atoms with Gasteiger partial charge in [-0.3, -0.25) is 0 Å². The summed E-state index contributed by atoms with van der Waals surface area (Å²) >= 11 is 0. The number of rotatable bonds is 5. The lowest BCUT2D eigenvalue weighted by molar-refractivity contribution is 0.388. The molecule has 4 N–H and O–H groups in total. The number of methoxy groups -OCH3 is 1. The minimum atomic E-state index is -0.271. The SMILES string of the molecule is CCc1ccc(OC)c(C(N)CC(C)(C)N)c1. The number of nitrogens with two attached hydrogens (primary N) is 2. The Labute approximate surface area is 104 Å². The molecule has 0 fully saturated rings. The molecule has 1 aromatic carbocycles. The van der Waals surface area contributed by atoms with E-state index in [2.05, 4.69) is 19.1 Å². The Morgan fingerprint density at radius 1 is 1.35 bits per heavy atom. The zero-order valence-electron chi connectivity index (χ0n) is 11.3. The van der Waals surface area contributed by atoms with Crippen LogP contribution in [0, 0.1) is 0 Å². The molecule has 0 heterocycles. The van der Waals surface area contributed by atoms with E-state index in [0.29, 0.717) is 0 Å². The van der Waals surface area contributed by atoms with Gasteiger partial charge in [0.1, 0.15) is 5.75 Å². The van der Waals surface area contributed by atoms with Gasteiger partial charge in [-0.15, -0.1) is 0 Å². The molecule has 0 aliphatic rings. The number of hydrogen-bond donors (Lipinski definition) is 2. The Morgan fingerprint density at radius 3 is 2.47 bits per heavy atom. The van der Waals surface area contributed by atoms with Gasteiger partial charge in [0.2, 0.25) is 0 Å². The summed E-state index contributed by atoms with van der Waals surface area (Å²) in [5.74, 6) is 0.846. The first kappa shape index (κ1) is 14.0. The molecule has 17 heavy (non-hydrogen) atoms. The van der Waals surface area contributed by atoms with Crippen molar-refractivity contribution < 1.29 is 4.74 Å². The van der Waals surface area contributed by atoms with E-state index in [-0.39, 0.29) is 11.6 Å². The predicted octanol–water partition coefficient (Wildman–Crippen LogP) is 2.38. The third kappa shape index (κ3) is 4.02. The second kappa shape index (κ2) is 5.52. The summed E-state index contributed by atoms with van der Waals surface area (Å²) in [7, 11) is 1.67. The summed E-state index contributed by atoms with van der Waals surface area (Å²) in [6.07, 6.45) is 1.73. The molecule has 0 radical (unpaired) electrons. The Bertz CT molecular complexity index is 369. The molecule has 1 atom stereocenters. The second-order valence-corrected chi connectivity index (χ2v) is 5.23. The van der Waals surface area contributed by atoms with Crippen molar-refractivity contribution in [3.8, 4) is 5.75 Å². The maximum absolute atomic E-state index is 6.22. The van der Waals surface area contributed by atoms with Crippen LogP contribution >= 0.6 is 0 Å². The van der Waals surface area contributed by atoms with Gasteiger partial charge in [-0.1, -0.05) is 19.1 Å². The quantitative estimate of drug-likeness (QED) is 0.825. The van der Waals surface area contributed by atoms with Crippen LogP contribution < -0.4 is 16.2 Å². The van der Waals surface area contributed by atoms with Crippen molar-refractivity contribution >= 4 is 0 Å². The molecule has 0 saturated heterocycles. The van der Waals surface area contributed by atoms with Crippen molar-refractivity contribution in [2.24, 2.45) is 11.5 Å². The molecular weight excluding hydrogens is 212 g/mol. The molecule has 0 spiro atoms. The summed E-state index contributed by atoms with van der Waals surface area (Å²) in [6, 6.07) is 6.09. The van der Waals surface area contributed by atoms with E-state index < -0.39 is 0 Å². The summed E-state index contributed by atoms with van der Waals surface area (Å²) in [4.78, 5) is 0. The van der Waals surface area contributed by atoms with E-state index in [9.17, 15) is 0 Å². The molecule has 0 aliphatic heterocycles.